The van der Waals surface area contributed by atoms with Gasteiger partial charge in [0.15, 0.2) is 0 Å². The number of imide groups is 1. The number of amides is 3. The quantitative estimate of drug-likeness (QED) is 0.454. The summed E-state index contributed by atoms with van der Waals surface area (Å²) >= 11 is 0. The molecule has 1 aliphatic rings. The van der Waals surface area contributed by atoms with E-state index >= 15 is 0 Å². The molecule has 2 atom stereocenters. The van der Waals surface area contributed by atoms with Crippen molar-refractivity contribution in [3.05, 3.63) is 29.3 Å². The molecule has 0 saturated carbocycles. The molecule has 2 rings (SSSR count). The second kappa shape index (κ2) is 8.70. The highest BCUT2D eigenvalue weighted by molar-refractivity contribution is 6.11. The van der Waals surface area contributed by atoms with Crippen LogP contribution >= 0.6 is 0 Å². The smallest absolute Gasteiger partial charge is 0.253 e. The number of ether oxygens (including phenoxy) is 1. The summed E-state index contributed by atoms with van der Waals surface area (Å²) in [5.74, 6) is -0.708. The molecule has 154 valence electrons. The van der Waals surface area contributed by atoms with Gasteiger partial charge in [-0.05, 0) is 36.5 Å². The number of hydrogen-bond acceptors (Lipinski definition) is 6. The average molecular weight is 391 g/mol. The van der Waals surface area contributed by atoms with E-state index in [0.29, 0.717) is 5.75 Å². The maximum Gasteiger partial charge on any atom is 0.253 e. The standard InChI is InChI=1S/C20H29N3O5/c1-12(2)10-20(22-27)11-17(24)23(19(20)26)15(18(25)21-4)9-14-6-7-16(28-5)13(3)8-14/h6-8,12,15,22,27H,9-11H2,1-5H3,(H,21,25)/t15-,20+/m0/s1. The van der Waals surface area contributed by atoms with Gasteiger partial charge in [0.1, 0.15) is 17.3 Å². The minimum atomic E-state index is -1.40. The maximum atomic E-state index is 13.1. The molecule has 1 aromatic rings. The molecule has 3 N–H and O–H groups in total. The number of methoxy groups -OCH3 is 1. The monoisotopic (exact) mass is 391 g/mol. The fraction of sp³-hybridized carbons (Fsp3) is 0.550. The van der Waals surface area contributed by atoms with Gasteiger partial charge in [-0.3, -0.25) is 19.3 Å². The molecule has 1 heterocycles. The number of nitrogens with zero attached hydrogens (tertiary/aromatic N) is 1. The van der Waals surface area contributed by atoms with Crippen molar-refractivity contribution in [1.82, 2.24) is 15.7 Å². The fourth-order valence-corrected chi connectivity index (χ4v) is 3.83. The Kier molecular flexibility index (Phi) is 6.79. The minimum Gasteiger partial charge on any atom is -0.496 e. The lowest BCUT2D eigenvalue weighted by Gasteiger charge is -2.30. The molecule has 0 bridgehead atoms. The summed E-state index contributed by atoms with van der Waals surface area (Å²) in [6.07, 6.45) is 0.271. The predicted molar refractivity (Wildman–Crippen MR) is 103 cm³/mol. The molecule has 8 heteroatoms. The van der Waals surface area contributed by atoms with E-state index in [2.05, 4.69) is 10.8 Å². The molecule has 1 aromatic carbocycles. The van der Waals surface area contributed by atoms with Crippen molar-refractivity contribution in [2.45, 2.75) is 51.6 Å². The lowest BCUT2D eigenvalue weighted by Crippen LogP contribution is -2.56. The number of rotatable bonds is 8. The Bertz CT molecular complexity index is 764. The summed E-state index contributed by atoms with van der Waals surface area (Å²) < 4.78 is 5.25. The third-order valence-electron chi connectivity index (χ3n) is 5.07. The molecule has 28 heavy (non-hydrogen) atoms. The van der Waals surface area contributed by atoms with Crippen molar-refractivity contribution in [2.75, 3.05) is 14.2 Å². The lowest BCUT2D eigenvalue weighted by atomic mass is 9.88. The number of hydrogen-bond donors (Lipinski definition) is 3. The number of nitrogens with one attached hydrogen (secondary N) is 2. The molecule has 8 nitrogen and oxygen atoms in total. The van der Waals surface area contributed by atoms with E-state index in [1.807, 2.05) is 26.8 Å². The molecule has 0 spiro atoms. The summed E-state index contributed by atoms with van der Waals surface area (Å²) in [5.41, 5.74) is 2.35. The van der Waals surface area contributed by atoms with Gasteiger partial charge in [-0.1, -0.05) is 26.0 Å². The van der Waals surface area contributed by atoms with Crippen molar-refractivity contribution >= 4 is 17.7 Å². The number of benzene rings is 1. The lowest BCUT2D eigenvalue weighted by molar-refractivity contribution is -0.149. The molecular weight excluding hydrogens is 362 g/mol. The third-order valence-corrected chi connectivity index (χ3v) is 5.07. The van der Waals surface area contributed by atoms with Crippen LogP contribution < -0.4 is 15.5 Å². The van der Waals surface area contributed by atoms with Crippen LogP contribution in [0.5, 0.6) is 5.75 Å². The largest absolute Gasteiger partial charge is 0.496 e. The molecule has 3 amide bonds. The third kappa shape index (κ3) is 4.18. The zero-order valence-corrected chi connectivity index (χ0v) is 17.0. The molecule has 0 unspecified atom stereocenters. The van der Waals surface area contributed by atoms with Crippen LogP contribution in [0.1, 0.15) is 37.8 Å². The van der Waals surface area contributed by atoms with Gasteiger partial charge >= 0.3 is 0 Å². The van der Waals surface area contributed by atoms with E-state index in [9.17, 15) is 19.6 Å². The van der Waals surface area contributed by atoms with E-state index in [0.717, 1.165) is 16.0 Å². The number of likely N-dealkylation sites (N-methyl/N-ethyl adjacent to an activating group) is 1. The number of carbonyl (C=O) groups is 3. The SMILES string of the molecule is CNC(=O)[C@H](Cc1ccc(OC)c(C)c1)N1C(=O)C[C@@](CC(C)C)(NO)C1=O. The Labute approximate surface area is 165 Å². The first-order valence-corrected chi connectivity index (χ1v) is 9.32. The van der Waals surface area contributed by atoms with Crippen molar-refractivity contribution in [2.24, 2.45) is 5.92 Å². The summed E-state index contributed by atoms with van der Waals surface area (Å²) in [5, 5.41) is 12.2. The Morgan fingerprint density at radius 2 is 2.04 bits per heavy atom. The highest BCUT2D eigenvalue weighted by atomic mass is 16.5. The highest BCUT2D eigenvalue weighted by Crippen LogP contribution is 2.32. The van der Waals surface area contributed by atoms with E-state index in [-0.39, 0.29) is 25.2 Å². The topological polar surface area (TPSA) is 108 Å². The molecule has 1 fully saturated rings. The van der Waals surface area contributed by atoms with Crippen LogP contribution in [0.4, 0.5) is 0 Å². The average Bonchev–Trinajstić information content (AvgIpc) is 2.89. The Balaban J connectivity index is 2.37. The van der Waals surface area contributed by atoms with Gasteiger partial charge < -0.3 is 15.3 Å². The molecule has 0 radical (unpaired) electrons. The first-order valence-electron chi connectivity index (χ1n) is 9.32. The second-order valence-electron chi connectivity index (χ2n) is 7.68. The first kappa shape index (κ1) is 21.8. The minimum absolute atomic E-state index is 0.0686. The first-order chi connectivity index (χ1) is 13.2. The van der Waals surface area contributed by atoms with Crippen LogP contribution in [0.2, 0.25) is 0 Å². The Morgan fingerprint density at radius 3 is 2.54 bits per heavy atom. The van der Waals surface area contributed by atoms with Crippen molar-refractivity contribution < 1.29 is 24.3 Å². The number of likely N-dealkylation sites (tertiary alicyclic amines) is 1. The van der Waals surface area contributed by atoms with Crippen molar-refractivity contribution in [3.63, 3.8) is 0 Å². The van der Waals surface area contributed by atoms with Gasteiger partial charge in [-0.2, -0.15) is 5.48 Å². The van der Waals surface area contributed by atoms with Gasteiger partial charge in [0, 0.05) is 13.5 Å². The summed E-state index contributed by atoms with van der Waals surface area (Å²) in [6, 6.07) is 4.46. The number of hydroxylamine groups is 1. The van der Waals surface area contributed by atoms with Crippen molar-refractivity contribution in [3.8, 4) is 5.75 Å². The zero-order chi connectivity index (χ0) is 21.1. The van der Waals surface area contributed by atoms with Gasteiger partial charge in [-0.15, -0.1) is 0 Å². The van der Waals surface area contributed by atoms with Gasteiger partial charge in [0.05, 0.1) is 13.5 Å². The Morgan fingerprint density at radius 1 is 1.36 bits per heavy atom. The van der Waals surface area contributed by atoms with Gasteiger partial charge in [0.2, 0.25) is 11.8 Å². The molecule has 1 aliphatic heterocycles. The predicted octanol–water partition coefficient (Wildman–Crippen LogP) is 1.18. The van der Waals surface area contributed by atoms with Crippen LogP contribution in [0, 0.1) is 12.8 Å². The summed E-state index contributed by atoms with van der Waals surface area (Å²) in [7, 11) is 3.04. The van der Waals surface area contributed by atoms with Crippen LogP contribution in [0.25, 0.3) is 0 Å². The Hall–Kier alpha value is -2.45. The highest BCUT2D eigenvalue weighted by Gasteiger charge is 2.54. The van der Waals surface area contributed by atoms with E-state index in [4.69, 9.17) is 4.74 Å². The second-order valence-corrected chi connectivity index (χ2v) is 7.68. The van der Waals surface area contributed by atoms with Gasteiger partial charge in [-0.25, -0.2) is 0 Å². The maximum absolute atomic E-state index is 13.1. The zero-order valence-electron chi connectivity index (χ0n) is 17.0. The van der Waals surface area contributed by atoms with E-state index < -0.39 is 29.3 Å². The number of carbonyl (C=O) groups excluding carboxylic acids is 3. The van der Waals surface area contributed by atoms with E-state index in [1.165, 1.54) is 7.05 Å². The van der Waals surface area contributed by atoms with Crippen LogP contribution in [-0.4, -0.2) is 53.6 Å². The van der Waals surface area contributed by atoms with Crippen molar-refractivity contribution in [1.29, 1.82) is 0 Å². The normalized spacial score (nSPS) is 20.6. The van der Waals surface area contributed by atoms with Crippen LogP contribution in [0.15, 0.2) is 18.2 Å². The fourth-order valence-electron chi connectivity index (χ4n) is 3.83. The van der Waals surface area contributed by atoms with Crippen LogP contribution in [0.3, 0.4) is 0 Å². The molecule has 0 aromatic heterocycles. The molecular formula is C20H29N3O5. The summed E-state index contributed by atoms with van der Waals surface area (Å²) in [4.78, 5) is 39.4. The number of aryl methyl sites for hydroxylation is 1. The van der Waals surface area contributed by atoms with Gasteiger partial charge in [0.25, 0.3) is 5.91 Å². The molecule has 0 aliphatic carbocycles. The molecule has 1 saturated heterocycles. The van der Waals surface area contributed by atoms with Crippen LogP contribution in [-0.2, 0) is 20.8 Å². The van der Waals surface area contributed by atoms with E-state index in [1.54, 1.807) is 19.2 Å². The summed E-state index contributed by atoms with van der Waals surface area (Å²) in [6.45, 7) is 5.68.